The molecular weight excluding hydrogens is 274 g/mol. The Kier molecular flexibility index (Phi) is 6.00. The third-order valence-corrected chi connectivity index (χ3v) is 4.83. The fourth-order valence-electron chi connectivity index (χ4n) is 3.51. The third-order valence-electron chi connectivity index (χ3n) is 4.83. The molecule has 122 valence electrons. The van der Waals surface area contributed by atoms with Crippen molar-refractivity contribution in [1.82, 2.24) is 5.32 Å². The average Bonchev–Trinajstić information content (AvgIpc) is 2.58. The summed E-state index contributed by atoms with van der Waals surface area (Å²) in [4.78, 5) is 0. The first-order valence-corrected chi connectivity index (χ1v) is 9.04. The molecule has 2 fully saturated rings. The molecule has 1 aromatic carbocycles. The van der Waals surface area contributed by atoms with Gasteiger partial charge in [0, 0.05) is 6.04 Å². The number of hydrogen-bond acceptors (Lipinski definition) is 3. The monoisotopic (exact) mass is 303 g/mol. The lowest BCUT2D eigenvalue weighted by Crippen LogP contribution is -2.35. The third kappa shape index (κ3) is 4.64. The van der Waals surface area contributed by atoms with E-state index in [2.05, 4.69) is 5.32 Å². The Morgan fingerprint density at radius 1 is 0.909 bits per heavy atom. The number of para-hydroxylation sites is 2. The standard InChI is InChI=1S/C19H29NO2/c1-2-9-17(10-3-1)22-19-12-5-4-11-18(19)21-15-13-16-8-6-7-14-20-16/h4-5,11-12,16-17,20H,1-3,6-10,13-15H2. The number of benzene rings is 1. The quantitative estimate of drug-likeness (QED) is 0.849. The Morgan fingerprint density at radius 2 is 1.68 bits per heavy atom. The van der Waals surface area contributed by atoms with Crippen LogP contribution in [0.15, 0.2) is 24.3 Å². The summed E-state index contributed by atoms with van der Waals surface area (Å²) >= 11 is 0. The zero-order valence-corrected chi connectivity index (χ0v) is 13.6. The van der Waals surface area contributed by atoms with Crippen LogP contribution < -0.4 is 14.8 Å². The van der Waals surface area contributed by atoms with Gasteiger partial charge >= 0.3 is 0 Å². The number of nitrogens with one attached hydrogen (secondary N) is 1. The maximum atomic E-state index is 6.19. The van der Waals surface area contributed by atoms with Crippen LogP contribution in [-0.2, 0) is 0 Å². The van der Waals surface area contributed by atoms with Crippen LogP contribution in [-0.4, -0.2) is 25.3 Å². The first-order chi connectivity index (χ1) is 10.9. The molecule has 1 saturated carbocycles. The highest BCUT2D eigenvalue weighted by molar-refractivity contribution is 5.39. The van der Waals surface area contributed by atoms with Gasteiger partial charge in [0.1, 0.15) is 0 Å². The molecule has 0 bridgehead atoms. The molecule has 1 N–H and O–H groups in total. The summed E-state index contributed by atoms with van der Waals surface area (Å²) in [6.07, 6.45) is 11.7. The molecule has 2 aliphatic rings. The average molecular weight is 303 g/mol. The topological polar surface area (TPSA) is 30.5 Å². The number of hydrogen-bond donors (Lipinski definition) is 1. The predicted molar refractivity (Wildman–Crippen MR) is 89.7 cm³/mol. The minimum Gasteiger partial charge on any atom is -0.490 e. The highest BCUT2D eigenvalue weighted by atomic mass is 16.5. The molecule has 3 rings (SSSR count). The van der Waals surface area contributed by atoms with E-state index in [1.54, 1.807) is 0 Å². The van der Waals surface area contributed by atoms with Gasteiger partial charge in [-0.2, -0.15) is 0 Å². The van der Waals surface area contributed by atoms with Crippen molar-refractivity contribution in [2.24, 2.45) is 0 Å². The van der Waals surface area contributed by atoms with Gasteiger partial charge in [-0.05, 0) is 63.6 Å². The van der Waals surface area contributed by atoms with Crippen molar-refractivity contribution in [1.29, 1.82) is 0 Å². The van der Waals surface area contributed by atoms with Crippen molar-refractivity contribution in [3.05, 3.63) is 24.3 Å². The molecule has 0 spiro atoms. The summed E-state index contributed by atoms with van der Waals surface area (Å²) in [5.41, 5.74) is 0. The van der Waals surface area contributed by atoms with Crippen LogP contribution in [0.4, 0.5) is 0 Å². The second-order valence-electron chi connectivity index (χ2n) is 6.61. The lowest BCUT2D eigenvalue weighted by molar-refractivity contribution is 0.146. The zero-order valence-electron chi connectivity index (χ0n) is 13.6. The van der Waals surface area contributed by atoms with Gasteiger partial charge < -0.3 is 14.8 Å². The summed E-state index contributed by atoms with van der Waals surface area (Å²) < 4.78 is 12.2. The van der Waals surface area contributed by atoms with E-state index in [1.165, 1.54) is 51.4 Å². The lowest BCUT2D eigenvalue weighted by atomic mass is 9.98. The SMILES string of the molecule is c1ccc(OC2CCCCC2)c(OCCC2CCCCN2)c1. The summed E-state index contributed by atoms with van der Waals surface area (Å²) in [5.74, 6) is 1.83. The van der Waals surface area contributed by atoms with E-state index in [0.29, 0.717) is 12.1 Å². The summed E-state index contributed by atoms with van der Waals surface area (Å²) in [6, 6.07) is 8.77. The van der Waals surface area contributed by atoms with Crippen LogP contribution >= 0.6 is 0 Å². The molecule has 0 radical (unpaired) electrons. The van der Waals surface area contributed by atoms with Gasteiger partial charge in [0.2, 0.25) is 0 Å². The second-order valence-corrected chi connectivity index (χ2v) is 6.61. The van der Waals surface area contributed by atoms with E-state index < -0.39 is 0 Å². The van der Waals surface area contributed by atoms with Gasteiger partial charge in [0.05, 0.1) is 12.7 Å². The lowest BCUT2D eigenvalue weighted by Gasteiger charge is -2.25. The van der Waals surface area contributed by atoms with Crippen molar-refractivity contribution < 1.29 is 9.47 Å². The Morgan fingerprint density at radius 3 is 2.45 bits per heavy atom. The molecule has 1 unspecified atom stereocenters. The fraction of sp³-hybridized carbons (Fsp3) is 0.684. The first-order valence-electron chi connectivity index (χ1n) is 9.04. The first kappa shape index (κ1) is 15.7. The highest BCUT2D eigenvalue weighted by Gasteiger charge is 2.17. The van der Waals surface area contributed by atoms with E-state index >= 15 is 0 Å². The normalized spacial score (nSPS) is 23.2. The Bertz CT molecular complexity index is 437. The van der Waals surface area contributed by atoms with Gasteiger partial charge in [-0.25, -0.2) is 0 Å². The van der Waals surface area contributed by atoms with Crippen LogP contribution in [0.3, 0.4) is 0 Å². The van der Waals surface area contributed by atoms with E-state index in [4.69, 9.17) is 9.47 Å². The van der Waals surface area contributed by atoms with Crippen molar-refractivity contribution in [3.8, 4) is 11.5 Å². The number of piperidine rings is 1. The van der Waals surface area contributed by atoms with Crippen molar-refractivity contribution in [2.45, 2.75) is 69.9 Å². The number of ether oxygens (including phenoxy) is 2. The van der Waals surface area contributed by atoms with Crippen molar-refractivity contribution in [3.63, 3.8) is 0 Å². The Hall–Kier alpha value is -1.22. The summed E-state index contributed by atoms with van der Waals surface area (Å²) in [5, 5.41) is 3.57. The maximum absolute atomic E-state index is 6.19. The molecule has 1 aliphatic heterocycles. The minimum absolute atomic E-state index is 0.374. The molecule has 3 nitrogen and oxygen atoms in total. The number of rotatable bonds is 6. The molecule has 22 heavy (non-hydrogen) atoms. The van der Waals surface area contributed by atoms with Gasteiger partial charge in [-0.1, -0.05) is 25.0 Å². The molecule has 1 saturated heterocycles. The van der Waals surface area contributed by atoms with Crippen LogP contribution in [0.5, 0.6) is 11.5 Å². The van der Waals surface area contributed by atoms with Crippen molar-refractivity contribution >= 4 is 0 Å². The van der Waals surface area contributed by atoms with Gasteiger partial charge in [-0.15, -0.1) is 0 Å². The Labute approximate surface area is 134 Å². The summed E-state index contributed by atoms with van der Waals surface area (Å²) in [6.45, 7) is 1.93. The molecule has 0 aromatic heterocycles. The largest absolute Gasteiger partial charge is 0.490 e. The maximum Gasteiger partial charge on any atom is 0.161 e. The fourth-order valence-corrected chi connectivity index (χ4v) is 3.51. The summed E-state index contributed by atoms with van der Waals surface area (Å²) in [7, 11) is 0. The molecule has 1 aliphatic carbocycles. The van der Waals surface area contributed by atoms with Gasteiger partial charge in [0.15, 0.2) is 11.5 Å². The van der Waals surface area contributed by atoms with Crippen LogP contribution in [0, 0.1) is 0 Å². The molecular formula is C19H29NO2. The Balaban J connectivity index is 1.49. The van der Waals surface area contributed by atoms with Crippen LogP contribution in [0.2, 0.25) is 0 Å². The van der Waals surface area contributed by atoms with E-state index in [0.717, 1.165) is 31.1 Å². The molecule has 1 heterocycles. The highest BCUT2D eigenvalue weighted by Crippen LogP contribution is 2.31. The van der Waals surface area contributed by atoms with Gasteiger partial charge in [0.25, 0.3) is 0 Å². The zero-order chi connectivity index (χ0) is 15.0. The smallest absolute Gasteiger partial charge is 0.161 e. The van der Waals surface area contributed by atoms with E-state index in [-0.39, 0.29) is 0 Å². The van der Waals surface area contributed by atoms with Crippen molar-refractivity contribution in [2.75, 3.05) is 13.2 Å². The minimum atomic E-state index is 0.374. The molecule has 0 amide bonds. The van der Waals surface area contributed by atoms with E-state index in [9.17, 15) is 0 Å². The molecule has 1 atom stereocenters. The predicted octanol–water partition coefficient (Wildman–Crippen LogP) is 4.31. The van der Waals surface area contributed by atoms with Crippen LogP contribution in [0.25, 0.3) is 0 Å². The van der Waals surface area contributed by atoms with E-state index in [1.807, 2.05) is 24.3 Å². The van der Waals surface area contributed by atoms with Gasteiger partial charge in [-0.3, -0.25) is 0 Å². The molecule has 3 heteroatoms. The molecule has 1 aromatic rings. The second kappa shape index (κ2) is 8.42. The van der Waals surface area contributed by atoms with Crippen LogP contribution in [0.1, 0.15) is 57.8 Å².